The number of ether oxygens (including phenoxy) is 2. The molecule has 0 heterocycles. The first-order chi connectivity index (χ1) is 15.5. The number of halogens is 1. The molecule has 32 heavy (non-hydrogen) atoms. The van der Waals surface area contributed by atoms with E-state index in [9.17, 15) is 9.18 Å². The Morgan fingerprint density at radius 3 is 2.22 bits per heavy atom. The number of benzene rings is 3. The van der Waals surface area contributed by atoms with Gasteiger partial charge in [-0.2, -0.15) is 0 Å². The van der Waals surface area contributed by atoms with Gasteiger partial charge in [0.25, 0.3) is 0 Å². The molecular formula is C26H29FN2O3. The fraction of sp³-hybridized carbons (Fsp3) is 0.269. The smallest absolute Gasteiger partial charge is 0.241 e. The van der Waals surface area contributed by atoms with Crippen LogP contribution in [0.1, 0.15) is 35.2 Å². The van der Waals surface area contributed by atoms with Crippen molar-refractivity contribution in [1.82, 2.24) is 10.6 Å². The second-order valence-electron chi connectivity index (χ2n) is 7.46. The molecule has 0 aliphatic carbocycles. The van der Waals surface area contributed by atoms with Crippen LogP contribution in [0.2, 0.25) is 0 Å². The third-order valence-corrected chi connectivity index (χ3v) is 5.45. The van der Waals surface area contributed by atoms with Gasteiger partial charge in [0, 0.05) is 13.1 Å². The fourth-order valence-corrected chi connectivity index (χ4v) is 3.69. The van der Waals surface area contributed by atoms with E-state index in [4.69, 9.17) is 9.47 Å². The Bertz CT molecular complexity index is 1010. The molecule has 0 saturated heterocycles. The van der Waals surface area contributed by atoms with Gasteiger partial charge < -0.3 is 14.8 Å². The highest BCUT2D eigenvalue weighted by Crippen LogP contribution is 2.32. The molecule has 0 unspecified atom stereocenters. The van der Waals surface area contributed by atoms with E-state index < -0.39 is 6.04 Å². The van der Waals surface area contributed by atoms with Crippen LogP contribution in [0.4, 0.5) is 4.39 Å². The zero-order valence-electron chi connectivity index (χ0n) is 18.6. The Morgan fingerprint density at radius 2 is 1.59 bits per heavy atom. The molecule has 0 aliphatic heterocycles. The minimum atomic E-state index is -0.535. The van der Waals surface area contributed by atoms with Gasteiger partial charge in [-0.25, -0.2) is 4.39 Å². The molecule has 0 radical (unpaired) electrons. The molecule has 0 aliphatic rings. The number of methoxy groups -OCH3 is 2. The molecule has 0 fully saturated rings. The number of carbonyl (C=O) groups is 1. The molecule has 0 saturated carbocycles. The van der Waals surface area contributed by atoms with E-state index in [0.717, 1.165) is 16.7 Å². The third-order valence-electron chi connectivity index (χ3n) is 5.45. The number of hydrogen-bond acceptors (Lipinski definition) is 4. The molecular weight excluding hydrogens is 407 g/mol. The van der Waals surface area contributed by atoms with Crippen LogP contribution in [0.3, 0.4) is 0 Å². The van der Waals surface area contributed by atoms with E-state index in [2.05, 4.69) is 10.6 Å². The highest BCUT2D eigenvalue weighted by molar-refractivity contribution is 5.83. The van der Waals surface area contributed by atoms with Gasteiger partial charge in [-0.15, -0.1) is 0 Å². The van der Waals surface area contributed by atoms with Crippen molar-refractivity contribution < 1.29 is 18.7 Å². The molecule has 0 spiro atoms. The average molecular weight is 437 g/mol. The van der Waals surface area contributed by atoms with Gasteiger partial charge in [0.15, 0.2) is 11.5 Å². The van der Waals surface area contributed by atoms with Gasteiger partial charge in [0.2, 0.25) is 5.91 Å². The predicted octanol–water partition coefficient (Wildman–Crippen LogP) is 4.59. The molecule has 0 aromatic heterocycles. The molecule has 3 aromatic carbocycles. The van der Waals surface area contributed by atoms with Crippen LogP contribution < -0.4 is 20.1 Å². The van der Waals surface area contributed by atoms with Crippen LogP contribution in [-0.2, 0) is 11.2 Å². The maximum Gasteiger partial charge on any atom is 0.241 e. The number of rotatable bonds is 10. The highest BCUT2D eigenvalue weighted by atomic mass is 19.1. The Hall–Kier alpha value is -3.38. The lowest BCUT2D eigenvalue weighted by atomic mass is 9.96. The molecule has 3 rings (SSSR count). The van der Waals surface area contributed by atoms with Crippen LogP contribution in [0, 0.1) is 5.82 Å². The molecule has 3 aromatic rings. The SMILES string of the molecule is CNC(=O)[C@@H](N[C@@H](CCc1ccc(F)cc1)c1ccc(OC)c(OC)c1)c1ccccc1. The number of hydrogen-bond donors (Lipinski definition) is 2. The van der Waals surface area contributed by atoms with E-state index in [0.29, 0.717) is 24.3 Å². The summed E-state index contributed by atoms with van der Waals surface area (Å²) < 4.78 is 24.2. The zero-order valence-corrected chi connectivity index (χ0v) is 18.6. The summed E-state index contributed by atoms with van der Waals surface area (Å²) in [5, 5.41) is 6.28. The van der Waals surface area contributed by atoms with Crippen molar-refractivity contribution in [3.05, 3.63) is 95.3 Å². The Morgan fingerprint density at radius 1 is 0.906 bits per heavy atom. The lowest BCUT2D eigenvalue weighted by molar-refractivity contribution is -0.123. The van der Waals surface area contributed by atoms with Crippen LogP contribution in [0.25, 0.3) is 0 Å². The number of carbonyl (C=O) groups excluding carboxylic acids is 1. The van der Waals surface area contributed by atoms with Gasteiger partial charge in [-0.1, -0.05) is 48.5 Å². The minimum absolute atomic E-state index is 0.122. The normalized spacial score (nSPS) is 12.6. The zero-order chi connectivity index (χ0) is 22.9. The van der Waals surface area contributed by atoms with Crippen LogP contribution in [-0.4, -0.2) is 27.2 Å². The number of likely N-dealkylation sites (N-methyl/N-ethyl adjacent to an activating group) is 1. The van der Waals surface area contributed by atoms with Crippen molar-refractivity contribution >= 4 is 5.91 Å². The summed E-state index contributed by atoms with van der Waals surface area (Å²) in [6.45, 7) is 0. The van der Waals surface area contributed by atoms with Crippen LogP contribution in [0.5, 0.6) is 11.5 Å². The Balaban J connectivity index is 1.93. The summed E-state index contributed by atoms with van der Waals surface area (Å²) in [4.78, 5) is 12.8. The molecule has 2 atom stereocenters. The molecule has 0 bridgehead atoms. The largest absolute Gasteiger partial charge is 0.493 e. The van der Waals surface area contributed by atoms with Gasteiger partial charge in [-0.3, -0.25) is 10.1 Å². The van der Waals surface area contributed by atoms with Gasteiger partial charge in [0.1, 0.15) is 11.9 Å². The third kappa shape index (κ3) is 5.86. The van der Waals surface area contributed by atoms with Crippen LogP contribution >= 0.6 is 0 Å². The first-order valence-electron chi connectivity index (χ1n) is 10.5. The maximum atomic E-state index is 13.3. The minimum Gasteiger partial charge on any atom is -0.493 e. The second-order valence-corrected chi connectivity index (χ2v) is 7.46. The standard InChI is InChI=1S/C26H29FN2O3/c1-28-26(30)25(19-7-5-4-6-8-19)29-22(15-11-18-9-13-21(27)14-10-18)20-12-16-23(31-2)24(17-20)32-3/h4-10,12-14,16-17,22,25,29H,11,15H2,1-3H3,(H,28,30)/t22-,25-/m0/s1. The summed E-state index contributed by atoms with van der Waals surface area (Å²) in [5.41, 5.74) is 2.86. The van der Waals surface area contributed by atoms with E-state index in [1.54, 1.807) is 33.4 Å². The second kappa shape index (κ2) is 11.3. The molecule has 6 heteroatoms. The average Bonchev–Trinajstić information content (AvgIpc) is 2.85. The first-order valence-corrected chi connectivity index (χ1v) is 10.5. The lowest BCUT2D eigenvalue weighted by Gasteiger charge is -2.26. The summed E-state index contributed by atoms with van der Waals surface area (Å²) in [6.07, 6.45) is 1.41. The maximum absolute atomic E-state index is 13.3. The van der Waals surface area contributed by atoms with Crippen LogP contribution in [0.15, 0.2) is 72.8 Å². The Kier molecular flexibility index (Phi) is 8.22. The number of amides is 1. The summed E-state index contributed by atoms with van der Waals surface area (Å²) in [6, 6.07) is 21.2. The quantitative estimate of drug-likeness (QED) is 0.488. The summed E-state index contributed by atoms with van der Waals surface area (Å²) in [7, 11) is 4.82. The Labute approximate surface area is 188 Å². The van der Waals surface area contributed by atoms with E-state index >= 15 is 0 Å². The highest BCUT2D eigenvalue weighted by Gasteiger charge is 2.24. The van der Waals surface area contributed by atoms with E-state index in [1.165, 1.54) is 12.1 Å². The van der Waals surface area contributed by atoms with Crippen molar-refractivity contribution in [2.75, 3.05) is 21.3 Å². The molecule has 168 valence electrons. The van der Waals surface area contributed by atoms with Gasteiger partial charge in [-0.05, 0) is 53.8 Å². The van der Waals surface area contributed by atoms with Crippen molar-refractivity contribution in [1.29, 1.82) is 0 Å². The summed E-state index contributed by atoms with van der Waals surface area (Å²) in [5.74, 6) is 0.879. The predicted molar refractivity (Wildman–Crippen MR) is 123 cm³/mol. The van der Waals surface area contributed by atoms with Gasteiger partial charge >= 0.3 is 0 Å². The monoisotopic (exact) mass is 436 g/mol. The van der Waals surface area contributed by atoms with Crippen molar-refractivity contribution in [3.8, 4) is 11.5 Å². The molecule has 5 nitrogen and oxygen atoms in total. The topological polar surface area (TPSA) is 59.6 Å². The number of nitrogens with one attached hydrogen (secondary N) is 2. The first kappa shape index (κ1) is 23.3. The lowest BCUT2D eigenvalue weighted by Crippen LogP contribution is -2.38. The van der Waals surface area contributed by atoms with E-state index in [-0.39, 0.29) is 17.8 Å². The summed E-state index contributed by atoms with van der Waals surface area (Å²) >= 11 is 0. The van der Waals surface area contributed by atoms with Crippen molar-refractivity contribution in [3.63, 3.8) is 0 Å². The van der Waals surface area contributed by atoms with Crippen molar-refractivity contribution in [2.45, 2.75) is 24.9 Å². The van der Waals surface area contributed by atoms with E-state index in [1.807, 2.05) is 48.5 Å². The fourth-order valence-electron chi connectivity index (χ4n) is 3.69. The number of aryl methyl sites for hydroxylation is 1. The van der Waals surface area contributed by atoms with Crippen molar-refractivity contribution in [2.24, 2.45) is 0 Å². The molecule has 1 amide bonds. The molecule has 2 N–H and O–H groups in total. The van der Waals surface area contributed by atoms with Gasteiger partial charge in [0.05, 0.1) is 14.2 Å².